The molecule has 2 heteroatoms. The summed E-state index contributed by atoms with van der Waals surface area (Å²) in [5.74, 6) is -0.126. The quantitative estimate of drug-likeness (QED) is 0.743. The number of hydrogen-bond acceptors (Lipinski definition) is 2. The molecule has 18 heavy (non-hydrogen) atoms. The van der Waals surface area contributed by atoms with Crippen LogP contribution in [0.2, 0.25) is 0 Å². The van der Waals surface area contributed by atoms with Crippen LogP contribution in [0.4, 0.5) is 0 Å². The molecule has 0 saturated carbocycles. The molecule has 0 atom stereocenters. The van der Waals surface area contributed by atoms with Gasteiger partial charge in [0.15, 0.2) is 0 Å². The summed E-state index contributed by atoms with van der Waals surface area (Å²) >= 11 is 0. The first-order valence-electron chi connectivity index (χ1n) is 6.48. The zero-order chi connectivity index (χ0) is 13.8. The average molecular weight is 248 g/mol. The van der Waals surface area contributed by atoms with Gasteiger partial charge in [0.25, 0.3) is 0 Å². The van der Waals surface area contributed by atoms with Crippen LogP contribution in [0.1, 0.15) is 53.0 Å². The Balaban J connectivity index is 2.58. The lowest BCUT2D eigenvalue weighted by Crippen LogP contribution is -2.26. The van der Waals surface area contributed by atoms with Crippen LogP contribution < -0.4 is 0 Å². The Bertz CT molecular complexity index is 385. The van der Waals surface area contributed by atoms with Gasteiger partial charge >= 0.3 is 5.97 Å². The van der Waals surface area contributed by atoms with Crippen molar-refractivity contribution in [3.8, 4) is 0 Å². The van der Waals surface area contributed by atoms with Crippen LogP contribution in [-0.2, 0) is 15.1 Å². The highest BCUT2D eigenvalue weighted by molar-refractivity contribution is 5.70. The normalized spacial score (nSPS) is 12.3. The van der Waals surface area contributed by atoms with Crippen LogP contribution in [0, 0.1) is 5.41 Å². The van der Waals surface area contributed by atoms with E-state index in [1.54, 1.807) is 0 Å². The van der Waals surface area contributed by atoms with Crippen molar-refractivity contribution in [1.29, 1.82) is 0 Å². The maximum absolute atomic E-state index is 11.9. The van der Waals surface area contributed by atoms with E-state index >= 15 is 0 Å². The lowest BCUT2D eigenvalue weighted by Gasteiger charge is -2.26. The van der Waals surface area contributed by atoms with Crippen molar-refractivity contribution in [2.45, 2.75) is 53.1 Å². The van der Waals surface area contributed by atoms with Crippen LogP contribution >= 0.6 is 0 Å². The summed E-state index contributed by atoms with van der Waals surface area (Å²) < 4.78 is 5.58. The zero-order valence-electron chi connectivity index (χ0n) is 12.1. The smallest absolute Gasteiger partial charge is 0.306 e. The van der Waals surface area contributed by atoms with Crippen molar-refractivity contribution < 1.29 is 9.53 Å². The van der Waals surface area contributed by atoms with E-state index in [0.717, 1.165) is 12.0 Å². The summed E-state index contributed by atoms with van der Waals surface area (Å²) in [6.07, 6.45) is 1.32. The van der Waals surface area contributed by atoms with Gasteiger partial charge in [-0.05, 0) is 31.2 Å². The molecular formula is C16H24O2. The Kier molecular flexibility index (Phi) is 4.55. The second-order valence-electron chi connectivity index (χ2n) is 6.41. The molecule has 0 unspecified atom stereocenters. The van der Waals surface area contributed by atoms with Gasteiger partial charge in [-0.1, -0.05) is 51.1 Å². The molecule has 0 fully saturated rings. The predicted molar refractivity (Wildman–Crippen MR) is 74.2 cm³/mol. The van der Waals surface area contributed by atoms with Gasteiger partial charge in [-0.2, -0.15) is 0 Å². The van der Waals surface area contributed by atoms with Gasteiger partial charge < -0.3 is 4.74 Å². The number of carbonyl (C=O) groups excluding carboxylic acids is 1. The van der Waals surface area contributed by atoms with E-state index in [2.05, 4.69) is 20.8 Å². The predicted octanol–water partition coefficient (Wildman–Crippen LogP) is 4.29. The minimum Gasteiger partial charge on any atom is -0.455 e. The lowest BCUT2D eigenvalue weighted by molar-refractivity contribution is -0.158. The summed E-state index contributed by atoms with van der Waals surface area (Å²) in [7, 11) is 0. The van der Waals surface area contributed by atoms with Crippen molar-refractivity contribution in [3.05, 3.63) is 35.9 Å². The number of rotatable bonds is 4. The van der Waals surface area contributed by atoms with Crippen molar-refractivity contribution >= 4 is 5.97 Å². The van der Waals surface area contributed by atoms with Gasteiger partial charge in [-0.25, -0.2) is 0 Å². The first-order chi connectivity index (χ1) is 8.21. The van der Waals surface area contributed by atoms with Crippen molar-refractivity contribution in [2.24, 2.45) is 5.41 Å². The topological polar surface area (TPSA) is 26.3 Å². The van der Waals surface area contributed by atoms with Gasteiger partial charge in [-0.15, -0.1) is 0 Å². The monoisotopic (exact) mass is 248 g/mol. The Hall–Kier alpha value is -1.31. The lowest BCUT2D eigenvalue weighted by atomic mass is 9.90. The van der Waals surface area contributed by atoms with E-state index in [1.165, 1.54) is 0 Å². The summed E-state index contributed by atoms with van der Waals surface area (Å²) in [4.78, 5) is 11.9. The third kappa shape index (κ3) is 4.91. The fourth-order valence-electron chi connectivity index (χ4n) is 1.71. The molecule has 0 aliphatic rings. The van der Waals surface area contributed by atoms with Crippen molar-refractivity contribution in [2.75, 3.05) is 0 Å². The number of esters is 1. The van der Waals surface area contributed by atoms with E-state index in [4.69, 9.17) is 4.74 Å². The Morgan fingerprint density at radius 1 is 1.06 bits per heavy atom. The number of ether oxygens (including phenoxy) is 1. The van der Waals surface area contributed by atoms with Gasteiger partial charge in [0.1, 0.15) is 5.60 Å². The minimum atomic E-state index is -0.559. The molecule has 0 spiro atoms. The SMILES string of the molecule is CC(C)(C)CCC(=O)OC(C)(C)c1ccccc1. The van der Waals surface area contributed by atoms with Crippen LogP contribution in [-0.4, -0.2) is 5.97 Å². The molecule has 2 nitrogen and oxygen atoms in total. The molecule has 0 N–H and O–H groups in total. The molecule has 1 aromatic rings. The van der Waals surface area contributed by atoms with E-state index in [9.17, 15) is 4.79 Å². The Labute approximate surface area is 110 Å². The van der Waals surface area contributed by atoms with E-state index in [0.29, 0.717) is 6.42 Å². The second-order valence-corrected chi connectivity index (χ2v) is 6.41. The molecule has 100 valence electrons. The molecule has 0 aromatic heterocycles. The second kappa shape index (κ2) is 5.55. The average Bonchev–Trinajstić information content (AvgIpc) is 2.26. The summed E-state index contributed by atoms with van der Waals surface area (Å²) in [6, 6.07) is 9.84. The van der Waals surface area contributed by atoms with Crippen LogP contribution in [0.15, 0.2) is 30.3 Å². The number of carbonyl (C=O) groups is 1. The van der Waals surface area contributed by atoms with E-state index in [-0.39, 0.29) is 11.4 Å². The zero-order valence-corrected chi connectivity index (χ0v) is 12.1. The van der Waals surface area contributed by atoms with Crippen LogP contribution in [0.5, 0.6) is 0 Å². The molecule has 0 saturated heterocycles. The molecule has 1 rings (SSSR count). The van der Waals surface area contributed by atoms with Crippen LogP contribution in [0.25, 0.3) is 0 Å². The van der Waals surface area contributed by atoms with Gasteiger partial charge in [0.2, 0.25) is 0 Å². The molecular weight excluding hydrogens is 224 g/mol. The van der Waals surface area contributed by atoms with Gasteiger partial charge in [0.05, 0.1) is 0 Å². The molecule has 0 aliphatic carbocycles. The molecule has 0 heterocycles. The first kappa shape index (κ1) is 14.7. The van der Waals surface area contributed by atoms with Crippen molar-refractivity contribution in [3.63, 3.8) is 0 Å². The fraction of sp³-hybridized carbons (Fsp3) is 0.562. The molecule has 0 radical (unpaired) electrons. The summed E-state index contributed by atoms with van der Waals surface area (Å²) in [5.41, 5.74) is 0.626. The third-order valence-electron chi connectivity index (χ3n) is 2.92. The standard InChI is InChI=1S/C16H24O2/c1-15(2,3)12-11-14(17)18-16(4,5)13-9-7-6-8-10-13/h6-10H,11-12H2,1-5H3. The molecule has 1 aromatic carbocycles. The highest BCUT2D eigenvalue weighted by Gasteiger charge is 2.25. The van der Waals surface area contributed by atoms with Gasteiger partial charge in [-0.3, -0.25) is 4.79 Å². The third-order valence-corrected chi connectivity index (χ3v) is 2.92. The number of benzene rings is 1. The Morgan fingerprint density at radius 2 is 1.61 bits per heavy atom. The van der Waals surface area contributed by atoms with Gasteiger partial charge in [0, 0.05) is 6.42 Å². The molecule has 0 bridgehead atoms. The van der Waals surface area contributed by atoms with E-state index in [1.807, 2.05) is 44.2 Å². The highest BCUT2D eigenvalue weighted by atomic mass is 16.6. The van der Waals surface area contributed by atoms with Crippen LogP contribution in [0.3, 0.4) is 0 Å². The maximum Gasteiger partial charge on any atom is 0.306 e. The number of hydrogen-bond donors (Lipinski definition) is 0. The highest BCUT2D eigenvalue weighted by Crippen LogP contribution is 2.27. The van der Waals surface area contributed by atoms with Crippen molar-refractivity contribution in [1.82, 2.24) is 0 Å². The molecule has 0 amide bonds. The summed E-state index contributed by atoms with van der Waals surface area (Å²) in [5, 5.41) is 0. The van der Waals surface area contributed by atoms with E-state index < -0.39 is 5.60 Å². The largest absolute Gasteiger partial charge is 0.455 e. The Morgan fingerprint density at radius 3 is 2.11 bits per heavy atom. The summed E-state index contributed by atoms with van der Waals surface area (Å²) in [6.45, 7) is 10.2. The molecule has 0 aliphatic heterocycles. The fourth-order valence-corrected chi connectivity index (χ4v) is 1.71. The maximum atomic E-state index is 11.9. The first-order valence-corrected chi connectivity index (χ1v) is 6.48. The minimum absolute atomic E-state index is 0.126.